The van der Waals surface area contributed by atoms with Crippen LogP contribution < -0.4 is 5.73 Å². The monoisotopic (exact) mass is 327 g/mol. The van der Waals surface area contributed by atoms with Crippen molar-refractivity contribution in [2.24, 2.45) is 23.5 Å². The summed E-state index contributed by atoms with van der Waals surface area (Å²) >= 11 is 3.25. The first kappa shape index (κ1) is 15.0. The average molecular weight is 328 g/mol. The van der Waals surface area contributed by atoms with Crippen molar-refractivity contribution in [2.75, 3.05) is 0 Å². The lowest BCUT2D eigenvalue weighted by Gasteiger charge is -2.36. The highest BCUT2D eigenvalue weighted by atomic mass is 79.9. The molecule has 1 aromatic carbocycles. The number of halogens is 2. The summed E-state index contributed by atoms with van der Waals surface area (Å²) in [6.45, 7) is 4.60. The first-order valence-electron chi connectivity index (χ1n) is 7.17. The minimum absolute atomic E-state index is 0.197. The molecule has 1 nitrogen and oxygen atoms in total. The molecule has 1 aliphatic rings. The lowest BCUT2D eigenvalue weighted by atomic mass is 9.72. The van der Waals surface area contributed by atoms with Gasteiger partial charge in [-0.25, -0.2) is 4.39 Å². The number of nitrogens with two attached hydrogens (primary N) is 1. The van der Waals surface area contributed by atoms with Gasteiger partial charge >= 0.3 is 0 Å². The molecule has 0 bridgehead atoms. The van der Waals surface area contributed by atoms with Gasteiger partial charge in [-0.1, -0.05) is 19.9 Å². The van der Waals surface area contributed by atoms with Gasteiger partial charge in [0.15, 0.2) is 0 Å². The van der Waals surface area contributed by atoms with E-state index in [0.29, 0.717) is 16.4 Å². The Morgan fingerprint density at radius 1 is 1.37 bits per heavy atom. The molecule has 0 aromatic heterocycles. The van der Waals surface area contributed by atoms with Crippen LogP contribution in [-0.2, 0) is 6.42 Å². The third kappa shape index (κ3) is 3.79. The van der Waals surface area contributed by atoms with Crippen LogP contribution in [0.1, 0.15) is 38.7 Å². The van der Waals surface area contributed by atoms with E-state index in [0.717, 1.165) is 24.7 Å². The molecule has 3 heteroatoms. The fraction of sp³-hybridized carbons (Fsp3) is 0.625. The van der Waals surface area contributed by atoms with Crippen molar-refractivity contribution in [3.8, 4) is 0 Å². The summed E-state index contributed by atoms with van der Waals surface area (Å²) in [6.07, 6.45) is 4.54. The van der Waals surface area contributed by atoms with Crippen LogP contribution in [0.5, 0.6) is 0 Å². The Kier molecular flexibility index (Phi) is 5.02. The zero-order valence-corrected chi connectivity index (χ0v) is 13.3. The lowest BCUT2D eigenvalue weighted by molar-refractivity contribution is 0.189. The Hall–Kier alpha value is -0.410. The number of hydrogen-bond donors (Lipinski definition) is 1. The summed E-state index contributed by atoms with van der Waals surface area (Å²) in [7, 11) is 0. The minimum Gasteiger partial charge on any atom is -0.327 e. The quantitative estimate of drug-likeness (QED) is 0.867. The molecule has 3 atom stereocenters. The second-order valence-corrected chi connectivity index (χ2v) is 7.05. The van der Waals surface area contributed by atoms with Crippen molar-refractivity contribution in [2.45, 2.75) is 45.6 Å². The zero-order valence-electron chi connectivity index (χ0n) is 11.7. The Labute approximate surface area is 123 Å². The molecular weight excluding hydrogens is 305 g/mol. The maximum atomic E-state index is 13.3. The highest BCUT2D eigenvalue weighted by Gasteiger charge is 2.29. The van der Waals surface area contributed by atoms with E-state index < -0.39 is 0 Å². The molecule has 1 aromatic rings. The summed E-state index contributed by atoms with van der Waals surface area (Å²) in [5.74, 6) is 1.85. The molecule has 1 fully saturated rings. The Bertz CT molecular complexity index is 433. The normalized spacial score (nSPS) is 27.8. The minimum atomic E-state index is -0.197. The van der Waals surface area contributed by atoms with Gasteiger partial charge in [-0.3, -0.25) is 0 Å². The van der Waals surface area contributed by atoms with Gasteiger partial charge in [-0.05, 0) is 77.1 Å². The highest BCUT2D eigenvalue weighted by Crippen LogP contribution is 2.35. The van der Waals surface area contributed by atoms with Crippen LogP contribution in [0, 0.1) is 23.6 Å². The maximum absolute atomic E-state index is 13.3. The average Bonchev–Trinajstić information content (AvgIpc) is 2.36. The molecular formula is C16H23BrFN. The number of hydrogen-bond acceptors (Lipinski definition) is 1. The molecule has 106 valence electrons. The first-order valence-corrected chi connectivity index (χ1v) is 7.96. The number of rotatable bonds is 3. The Balaban J connectivity index is 2.05. The van der Waals surface area contributed by atoms with E-state index >= 15 is 0 Å². The molecule has 0 amide bonds. The molecule has 0 radical (unpaired) electrons. The second kappa shape index (κ2) is 6.36. The zero-order chi connectivity index (χ0) is 14.0. The van der Waals surface area contributed by atoms with E-state index in [4.69, 9.17) is 5.73 Å². The molecule has 2 N–H and O–H groups in total. The molecule has 0 saturated heterocycles. The predicted molar refractivity (Wildman–Crippen MR) is 81.4 cm³/mol. The smallest absolute Gasteiger partial charge is 0.137 e. The van der Waals surface area contributed by atoms with Crippen molar-refractivity contribution in [3.05, 3.63) is 34.1 Å². The van der Waals surface area contributed by atoms with E-state index in [1.165, 1.54) is 24.5 Å². The first-order chi connectivity index (χ1) is 8.97. The summed E-state index contributed by atoms with van der Waals surface area (Å²) < 4.78 is 13.8. The van der Waals surface area contributed by atoms with Crippen LogP contribution in [0.3, 0.4) is 0 Å². The number of benzene rings is 1. The van der Waals surface area contributed by atoms with Crippen LogP contribution in [0.2, 0.25) is 0 Å². The molecule has 0 aliphatic heterocycles. The van der Waals surface area contributed by atoms with Gasteiger partial charge in [0.25, 0.3) is 0 Å². The highest BCUT2D eigenvalue weighted by molar-refractivity contribution is 9.10. The molecule has 0 spiro atoms. The third-order valence-corrected chi connectivity index (χ3v) is 5.11. The van der Waals surface area contributed by atoms with Crippen molar-refractivity contribution in [1.82, 2.24) is 0 Å². The summed E-state index contributed by atoms with van der Waals surface area (Å²) in [4.78, 5) is 0. The van der Waals surface area contributed by atoms with Crippen LogP contribution in [0.25, 0.3) is 0 Å². The van der Waals surface area contributed by atoms with E-state index in [9.17, 15) is 4.39 Å². The summed E-state index contributed by atoms with van der Waals surface area (Å²) in [5, 5.41) is 0. The van der Waals surface area contributed by atoms with Gasteiger partial charge in [0, 0.05) is 6.04 Å². The molecule has 1 aliphatic carbocycles. The second-order valence-electron chi connectivity index (χ2n) is 6.19. The van der Waals surface area contributed by atoms with Crippen molar-refractivity contribution in [1.29, 1.82) is 0 Å². The van der Waals surface area contributed by atoms with E-state index in [2.05, 4.69) is 29.8 Å². The standard InChI is InChI=1S/C16H23BrFN/c1-10(2)12-4-6-16(19)13(9-12)7-11-3-5-15(18)14(17)8-11/h3,5,8,10,12-13,16H,4,6-7,9,19H2,1-2H3. The summed E-state index contributed by atoms with van der Waals surface area (Å²) in [5.41, 5.74) is 7.45. The Morgan fingerprint density at radius 2 is 2.11 bits per heavy atom. The van der Waals surface area contributed by atoms with Gasteiger partial charge in [0.1, 0.15) is 5.82 Å². The van der Waals surface area contributed by atoms with Gasteiger partial charge in [0.2, 0.25) is 0 Å². The maximum Gasteiger partial charge on any atom is 0.137 e. The molecule has 19 heavy (non-hydrogen) atoms. The van der Waals surface area contributed by atoms with E-state index in [-0.39, 0.29) is 5.82 Å². The fourth-order valence-corrected chi connectivity index (χ4v) is 3.56. The molecule has 1 saturated carbocycles. The van der Waals surface area contributed by atoms with Crippen molar-refractivity contribution in [3.63, 3.8) is 0 Å². The van der Waals surface area contributed by atoms with E-state index in [1.54, 1.807) is 0 Å². The van der Waals surface area contributed by atoms with Gasteiger partial charge in [-0.2, -0.15) is 0 Å². The van der Waals surface area contributed by atoms with Gasteiger partial charge in [-0.15, -0.1) is 0 Å². The fourth-order valence-electron chi connectivity index (χ4n) is 3.13. The van der Waals surface area contributed by atoms with Crippen LogP contribution in [0.4, 0.5) is 4.39 Å². The van der Waals surface area contributed by atoms with Crippen LogP contribution in [0.15, 0.2) is 22.7 Å². The molecule has 2 rings (SSSR count). The Morgan fingerprint density at radius 3 is 2.74 bits per heavy atom. The van der Waals surface area contributed by atoms with Gasteiger partial charge < -0.3 is 5.73 Å². The van der Waals surface area contributed by atoms with Crippen molar-refractivity contribution >= 4 is 15.9 Å². The SMILES string of the molecule is CC(C)C1CCC(N)C(Cc2ccc(F)c(Br)c2)C1. The topological polar surface area (TPSA) is 26.0 Å². The molecule has 3 unspecified atom stereocenters. The van der Waals surface area contributed by atoms with Crippen LogP contribution in [-0.4, -0.2) is 6.04 Å². The van der Waals surface area contributed by atoms with Crippen LogP contribution >= 0.6 is 15.9 Å². The van der Waals surface area contributed by atoms with Gasteiger partial charge in [0.05, 0.1) is 4.47 Å². The lowest BCUT2D eigenvalue weighted by Crippen LogP contribution is -2.38. The largest absolute Gasteiger partial charge is 0.327 e. The van der Waals surface area contributed by atoms with Crippen molar-refractivity contribution < 1.29 is 4.39 Å². The third-order valence-electron chi connectivity index (χ3n) is 4.51. The summed E-state index contributed by atoms with van der Waals surface area (Å²) in [6, 6.07) is 5.60. The van der Waals surface area contributed by atoms with E-state index in [1.807, 2.05) is 12.1 Å². The predicted octanol–water partition coefficient (Wildman–Crippen LogP) is 4.53. The molecule has 0 heterocycles.